The molecule has 0 aromatic carbocycles. The van der Waals surface area contributed by atoms with Crippen molar-refractivity contribution < 1.29 is 19.1 Å². The molecule has 0 saturated carbocycles. The van der Waals surface area contributed by atoms with E-state index in [-0.39, 0.29) is 19.6 Å². The summed E-state index contributed by atoms with van der Waals surface area (Å²) in [5.41, 5.74) is 1.20. The second-order valence-electron chi connectivity index (χ2n) is 6.38. The minimum absolute atomic E-state index is 0.114. The maximum absolute atomic E-state index is 12.0. The lowest BCUT2D eigenvalue weighted by Gasteiger charge is -2.34. The topological polar surface area (TPSA) is 68.7 Å². The Morgan fingerprint density at radius 2 is 1.96 bits per heavy atom. The molecule has 1 aliphatic rings. The van der Waals surface area contributed by atoms with Crippen LogP contribution < -0.4 is 0 Å². The Bertz CT molecular complexity index is 648. The van der Waals surface area contributed by atoms with Gasteiger partial charge in [-0.2, -0.15) is 0 Å². The second kappa shape index (κ2) is 11.3. The molecule has 1 atom stereocenters. The third kappa shape index (κ3) is 6.37. The highest BCUT2D eigenvalue weighted by Crippen LogP contribution is 2.29. The fourth-order valence-corrected chi connectivity index (χ4v) is 3.21. The van der Waals surface area contributed by atoms with Crippen LogP contribution >= 0.6 is 0 Å². The molecular weight excluding hydrogens is 344 g/mol. The van der Waals surface area contributed by atoms with Gasteiger partial charge in [0.05, 0.1) is 19.8 Å². The van der Waals surface area contributed by atoms with E-state index < -0.39 is 17.9 Å². The zero-order valence-corrected chi connectivity index (χ0v) is 16.1. The maximum Gasteiger partial charge on any atom is 0.321 e. The number of rotatable bonds is 7. The number of pyridine rings is 1. The van der Waals surface area contributed by atoms with Crippen LogP contribution in [0.5, 0.6) is 0 Å². The smallest absolute Gasteiger partial charge is 0.321 e. The number of hydrogen-bond acceptors (Lipinski definition) is 6. The van der Waals surface area contributed by atoms with Crippen LogP contribution in [0, 0.1) is 17.8 Å². The first-order valence-corrected chi connectivity index (χ1v) is 9.60. The van der Waals surface area contributed by atoms with Gasteiger partial charge in [0.15, 0.2) is 5.92 Å². The van der Waals surface area contributed by atoms with E-state index in [9.17, 15) is 9.59 Å². The third-order valence-corrected chi connectivity index (χ3v) is 4.54. The zero-order chi connectivity index (χ0) is 19.5. The molecule has 2 heterocycles. The largest absolute Gasteiger partial charge is 0.465 e. The van der Waals surface area contributed by atoms with E-state index in [1.165, 1.54) is 12.0 Å². The van der Waals surface area contributed by atoms with Gasteiger partial charge in [0.2, 0.25) is 0 Å². The van der Waals surface area contributed by atoms with Gasteiger partial charge in [-0.05, 0) is 44.9 Å². The number of ether oxygens (including phenoxy) is 2. The zero-order valence-electron chi connectivity index (χ0n) is 16.1. The third-order valence-electron chi connectivity index (χ3n) is 4.54. The molecule has 146 valence electrons. The van der Waals surface area contributed by atoms with Crippen LogP contribution in [-0.4, -0.2) is 48.1 Å². The van der Waals surface area contributed by atoms with Crippen molar-refractivity contribution in [3.63, 3.8) is 0 Å². The molecule has 1 fully saturated rings. The van der Waals surface area contributed by atoms with Crippen molar-refractivity contribution in [2.24, 2.45) is 5.92 Å². The standard InChI is InChI=1S/C21H28N2O4/c1-3-26-20(24)18(21(25)27-4-2)11-5-7-14-23-15-8-6-12-19(23)17-10-9-13-22-16-17/h9-10,13,16,18-19H,3-4,6,8,11-12,14-15H2,1-2H3/t19-/m1/s1. The van der Waals surface area contributed by atoms with Crippen molar-refractivity contribution in [2.75, 3.05) is 26.3 Å². The quantitative estimate of drug-likeness (QED) is 0.416. The summed E-state index contributed by atoms with van der Waals surface area (Å²) in [7, 11) is 0. The van der Waals surface area contributed by atoms with Crippen LogP contribution in [0.25, 0.3) is 0 Å². The molecule has 0 spiro atoms. The molecule has 2 rings (SSSR count). The van der Waals surface area contributed by atoms with E-state index in [1.54, 1.807) is 20.0 Å². The van der Waals surface area contributed by atoms with E-state index in [1.807, 2.05) is 12.3 Å². The van der Waals surface area contributed by atoms with E-state index in [0.717, 1.165) is 19.4 Å². The van der Waals surface area contributed by atoms with Gasteiger partial charge in [-0.25, -0.2) is 0 Å². The second-order valence-corrected chi connectivity index (χ2v) is 6.38. The minimum Gasteiger partial charge on any atom is -0.465 e. The molecule has 0 N–H and O–H groups in total. The van der Waals surface area contributed by atoms with Crippen LogP contribution in [-0.2, 0) is 19.1 Å². The Balaban J connectivity index is 1.98. The number of aromatic nitrogens is 1. The van der Waals surface area contributed by atoms with E-state index >= 15 is 0 Å². The van der Waals surface area contributed by atoms with Crippen molar-refractivity contribution in [1.29, 1.82) is 0 Å². The summed E-state index contributed by atoms with van der Waals surface area (Å²) in [4.78, 5) is 30.5. The van der Waals surface area contributed by atoms with Gasteiger partial charge in [-0.1, -0.05) is 18.4 Å². The van der Waals surface area contributed by atoms with Crippen LogP contribution in [0.3, 0.4) is 0 Å². The van der Waals surface area contributed by atoms with Gasteiger partial charge in [0.25, 0.3) is 0 Å². The monoisotopic (exact) mass is 372 g/mol. The summed E-state index contributed by atoms with van der Waals surface area (Å²) < 4.78 is 9.94. The molecule has 0 amide bonds. The van der Waals surface area contributed by atoms with Crippen molar-refractivity contribution in [3.8, 4) is 11.8 Å². The molecule has 0 bridgehead atoms. The highest BCUT2D eigenvalue weighted by Gasteiger charge is 2.28. The molecule has 0 unspecified atom stereocenters. The lowest BCUT2D eigenvalue weighted by Crippen LogP contribution is -2.33. The first-order valence-electron chi connectivity index (χ1n) is 9.60. The fraction of sp³-hybridized carbons (Fsp3) is 0.571. The summed E-state index contributed by atoms with van der Waals surface area (Å²) in [6, 6.07) is 4.37. The van der Waals surface area contributed by atoms with Gasteiger partial charge in [-0.15, -0.1) is 5.92 Å². The van der Waals surface area contributed by atoms with Crippen LogP contribution in [0.2, 0.25) is 0 Å². The van der Waals surface area contributed by atoms with Crippen molar-refractivity contribution in [2.45, 2.75) is 45.6 Å². The number of nitrogens with zero attached hydrogens (tertiary/aromatic N) is 2. The van der Waals surface area contributed by atoms with Crippen molar-refractivity contribution >= 4 is 11.9 Å². The van der Waals surface area contributed by atoms with E-state index in [2.05, 4.69) is 27.8 Å². The van der Waals surface area contributed by atoms with Gasteiger partial charge < -0.3 is 9.47 Å². The van der Waals surface area contributed by atoms with Crippen LogP contribution in [0.1, 0.15) is 51.1 Å². The first-order chi connectivity index (χ1) is 13.2. The Labute approximate surface area is 161 Å². The molecule has 6 heteroatoms. The highest BCUT2D eigenvalue weighted by atomic mass is 16.6. The molecule has 6 nitrogen and oxygen atoms in total. The van der Waals surface area contributed by atoms with Gasteiger partial charge in [0.1, 0.15) is 0 Å². The van der Waals surface area contributed by atoms with Crippen LogP contribution in [0.4, 0.5) is 0 Å². The predicted molar refractivity (Wildman–Crippen MR) is 102 cm³/mol. The normalized spacial score (nSPS) is 17.1. The summed E-state index contributed by atoms with van der Waals surface area (Å²) in [6.45, 7) is 5.44. The molecule has 1 aromatic heterocycles. The van der Waals surface area contributed by atoms with E-state index in [0.29, 0.717) is 12.6 Å². The summed E-state index contributed by atoms with van der Waals surface area (Å²) in [6.07, 6.45) is 7.23. The average molecular weight is 372 g/mol. The Morgan fingerprint density at radius 1 is 1.22 bits per heavy atom. The number of esters is 2. The lowest BCUT2D eigenvalue weighted by atomic mass is 9.96. The van der Waals surface area contributed by atoms with Crippen molar-refractivity contribution in [1.82, 2.24) is 9.88 Å². The average Bonchev–Trinajstić information content (AvgIpc) is 2.69. The molecule has 0 aliphatic carbocycles. The van der Waals surface area contributed by atoms with Crippen molar-refractivity contribution in [3.05, 3.63) is 30.1 Å². The predicted octanol–water partition coefficient (Wildman–Crippen LogP) is 2.74. The SMILES string of the molecule is CCOC(=O)C(CC#CCN1CCCC[C@@H]1c1cccnc1)C(=O)OCC. The Hall–Kier alpha value is -2.39. The van der Waals surface area contributed by atoms with Gasteiger partial charge in [-0.3, -0.25) is 19.5 Å². The molecule has 1 aliphatic heterocycles. The number of piperidine rings is 1. The highest BCUT2D eigenvalue weighted by molar-refractivity contribution is 5.95. The maximum atomic E-state index is 12.0. The first kappa shape index (κ1) is 20.9. The van der Waals surface area contributed by atoms with Gasteiger partial charge >= 0.3 is 11.9 Å². The Morgan fingerprint density at radius 3 is 2.59 bits per heavy atom. The molecular formula is C21H28N2O4. The van der Waals surface area contributed by atoms with Gasteiger partial charge in [0, 0.05) is 24.9 Å². The summed E-state index contributed by atoms with van der Waals surface area (Å²) in [5.74, 6) is 3.97. The lowest BCUT2D eigenvalue weighted by molar-refractivity contribution is -0.161. The number of likely N-dealkylation sites (tertiary alicyclic amines) is 1. The number of carbonyl (C=O) groups is 2. The summed E-state index contributed by atoms with van der Waals surface area (Å²) >= 11 is 0. The Kier molecular flexibility index (Phi) is 8.79. The molecule has 27 heavy (non-hydrogen) atoms. The molecule has 1 saturated heterocycles. The molecule has 1 aromatic rings. The summed E-state index contributed by atoms with van der Waals surface area (Å²) in [5, 5.41) is 0. The fourth-order valence-electron chi connectivity index (χ4n) is 3.21. The minimum atomic E-state index is -0.979. The van der Waals surface area contributed by atoms with Crippen LogP contribution in [0.15, 0.2) is 24.5 Å². The molecule has 0 radical (unpaired) electrons. The van der Waals surface area contributed by atoms with E-state index in [4.69, 9.17) is 9.47 Å². The number of hydrogen-bond donors (Lipinski definition) is 0. The number of carbonyl (C=O) groups excluding carboxylic acids is 2.